The first-order valence-electron chi connectivity index (χ1n) is 11.5. The second-order valence-corrected chi connectivity index (χ2v) is 8.66. The van der Waals surface area contributed by atoms with Gasteiger partial charge in [-0.3, -0.25) is 0 Å². The summed E-state index contributed by atoms with van der Waals surface area (Å²) in [7, 11) is 0. The van der Waals surface area contributed by atoms with Crippen LogP contribution in [-0.2, 0) is 20.8 Å². The highest BCUT2D eigenvalue weighted by molar-refractivity contribution is 5.82. The van der Waals surface area contributed by atoms with E-state index in [1.165, 1.54) is 0 Å². The number of nitrogens with zero attached hydrogens (tertiary/aromatic N) is 6. The van der Waals surface area contributed by atoms with Crippen molar-refractivity contribution in [2.24, 2.45) is 10.2 Å². The van der Waals surface area contributed by atoms with E-state index in [1.54, 1.807) is 0 Å². The van der Waals surface area contributed by atoms with Crippen LogP contribution in [0.5, 0.6) is 6.01 Å². The molecule has 2 fully saturated rings. The fourth-order valence-electron chi connectivity index (χ4n) is 3.97. The van der Waals surface area contributed by atoms with E-state index in [-0.39, 0.29) is 18.1 Å². The molecule has 1 N–H and O–H groups in total. The van der Waals surface area contributed by atoms with Gasteiger partial charge in [0.2, 0.25) is 5.95 Å². The van der Waals surface area contributed by atoms with Gasteiger partial charge in [-0.2, -0.15) is 20.1 Å². The molecule has 0 amide bonds. The Balaban J connectivity index is 1.28. The molecule has 2 aliphatic heterocycles. The monoisotopic (exact) mass is 467 g/mol. The Morgan fingerprint density at radius 3 is 2.85 bits per heavy atom. The highest BCUT2D eigenvalue weighted by Crippen LogP contribution is 2.25. The minimum absolute atomic E-state index is 0.0223. The van der Waals surface area contributed by atoms with Crippen molar-refractivity contribution in [3.63, 3.8) is 0 Å². The molecule has 1 atom stereocenters. The molecule has 0 spiro atoms. The van der Waals surface area contributed by atoms with Gasteiger partial charge >= 0.3 is 6.01 Å². The van der Waals surface area contributed by atoms with Gasteiger partial charge in [0.05, 0.1) is 39.1 Å². The Morgan fingerprint density at radius 1 is 1.18 bits per heavy atom. The van der Waals surface area contributed by atoms with Crippen molar-refractivity contribution >= 4 is 22.8 Å². The van der Waals surface area contributed by atoms with Crippen LogP contribution in [0.1, 0.15) is 25.8 Å². The van der Waals surface area contributed by atoms with E-state index in [9.17, 15) is 0 Å². The van der Waals surface area contributed by atoms with Crippen molar-refractivity contribution in [1.82, 2.24) is 19.9 Å². The van der Waals surface area contributed by atoms with E-state index in [0.717, 1.165) is 16.5 Å². The van der Waals surface area contributed by atoms with E-state index in [0.29, 0.717) is 58.4 Å². The maximum Gasteiger partial charge on any atom is 0.323 e. The van der Waals surface area contributed by atoms with Gasteiger partial charge in [-0.1, -0.05) is 18.2 Å². The lowest BCUT2D eigenvalue weighted by molar-refractivity contribution is -0.139. The van der Waals surface area contributed by atoms with Crippen molar-refractivity contribution in [2.45, 2.75) is 38.7 Å². The summed E-state index contributed by atoms with van der Waals surface area (Å²) in [6, 6.07) is 8.31. The number of hydrogen-bond acceptors (Lipinski definition) is 10. The van der Waals surface area contributed by atoms with Crippen LogP contribution in [0, 0.1) is 0 Å². The summed E-state index contributed by atoms with van der Waals surface area (Å²) < 4.78 is 22.7. The summed E-state index contributed by atoms with van der Waals surface area (Å²) in [5.74, 6) is 0.170. The van der Waals surface area contributed by atoms with E-state index in [2.05, 4.69) is 36.2 Å². The molecule has 2 aliphatic rings. The Labute approximate surface area is 197 Å². The third-order valence-electron chi connectivity index (χ3n) is 5.70. The number of anilines is 1. The number of rotatable bonds is 8. The number of benzene rings is 1. The molecule has 5 rings (SSSR count). The molecule has 1 aromatic carbocycles. The third kappa shape index (κ3) is 5.49. The van der Waals surface area contributed by atoms with Crippen molar-refractivity contribution in [3.05, 3.63) is 36.0 Å². The van der Waals surface area contributed by atoms with Crippen LogP contribution in [0.4, 0.5) is 11.9 Å². The van der Waals surface area contributed by atoms with Crippen molar-refractivity contribution in [2.75, 3.05) is 44.4 Å². The molecule has 0 bridgehead atoms. The molecule has 34 heavy (non-hydrogen) atoms. The number of fused-ring (bicyclic) bond motifs is 1. The summed E-state index contributed by atoms with van der Waals surface area (Å²) in [6.45, 7) is 7.78. The number of aromatic nitrogens is 4. The number of azo groups is 1. The molecule has 11 nitrogen and oxygen atoms in total. The number of ether oxygens (including phenoxy) is 4. The lowest BCUT2D eigenvalue weighted by Crippen LogP contribution is -2.37. The molecule has 3 aromatic rings. The topological polar surface area (TPSA) is 119 Å². The van der Waals surface area contributed by atoms with Crippen LogP contribution < -0.4 is 9.64 Å². The fourth-order valence-corrected chi connectivity index (χ4v) is 3.97. The normalized spacial score (nSPS) is 20.4. The van der Waals surface area contributed by atoms with E-state index in [4.69, 9.17) is 18.9 Å². The summed E-state index contributed by atoms with van der Waals surface area (Å²) in [6.07, 6.45) is 2.59. The van der Waals surface area contributed by atoms with Crippen molar-refractivity contribution < 1.29 is 18.9 Å². The average Bonchev–Trinajstić information content (AvgIpc) is 3.42. The minimum atomic E-state index is -0.556. The van der Waals surface area contributed by atoms with Crippen LogP contribution >= 0.6 is 0 Å². The molecule has 1 unspecified atom stereocenters. The molecule has 2 saturated heterocycles. The first kappa shape index (κ1) is 22.6. The quantitative estimate of drug-likeness (QED) is 0.501. The second-order valence-electron chi connectivity index (χ2n) is 8.66. The number of H-pyrrole nitrogens is 1. The Kier molecular flexibility index (Phi) is 6.66. The smallest absolute Gasteiger partial charge is 0.323 e. The number of nitrogens with one attached hydrogen (secondary N) is 1. The highest BCUT2D eigenvalue weighted by atomic mass is 16.7. The van der Waals surface area contributed by atoms with Crippen molar-refractivity contribution in [1.29, 1.82) is 0 Å². The molecular formula is C23H29N7O4. The van der Waals surface area contributed by atoms with Crippen LogP contribution in [0.25, 0.3) is 10.9 Å². The Hall–Kier alpha value is -3.15. The van der Waals surface area contributed by atoms with E-state index >= 15 is 0 Å². The van der Waals surface area contributed by atoms with Gasteiger partial charge in [0, 0.05) is 42.2 Å². The van der Waals surface area contributed by atoms with Crippen LogP contribution in [-0.4, -0.2) is 71.3 Å². The molecule has 4 heterocycles. The number of hydrogen-bond donors (Lipinski definition) is 1. The van der Waals surface area contributed by atoms with Gasteiger partial charge in [-0.25, -0.2) is 0 Å². The number of morpholine rings is 1. The van der Waals surface area contributed by atoms with Crippen molar-refractivity contribution in [3.8, 4) is 6.01 Å². The molecule has 0 aliphatic carbocycles. The first-order valence-corrected chi connectivity index (χ1v) is 11.5. The summed E-state index contributed by atoms with van der Waals surface area (Å²) >= 11 is 0. The van der Waals surface area contributed by atoms with E-state index in [1.807, 2.05) is 43.1 Å². The van der Waals surface area contributed by atoms with Gasteiger partial charge in [-0.15, -0.1) is 5.11 Å². The first-order chi connectivity index (χ1) is 16.6. The fraction of sp³-hybridized carbons (Fsp3) is 0.522. The number of para-hydroxylation sites is 1. The maximum absolute atomic E-state index is 5.86. The molecular weight excluding hydrogens is 438 g/mol. The highest BCUT2D eigenvalue weighted by Gasteiger charge is 2.32. The molecule has 11 heteroatoms. The van der Waals surface area contributed by atoms with Crippen LogP contribution in [0.3, 0.4) is 0 Å². The Bertz CT molecular complexity index is 1140. The molecule has 0 saturated carbocycles. The molecule has 180 valence electrons. The van der Waals surface area contributed by atoms with Gasteiger partial charge in [0.25, 0.3) is 5.95 Å². The van der Waals surface area contributed by atoms with Gasteiger partial charge in [-0.05, 0) is 19.9 Å². The lowest BCUT2D eigenvalue weighted by Gasteiger charge is -2.26. The van der Waals surface area contributed by atoms with E-state index < -0.39 is 5.79 Å². The van der Waals surface area contributed by atoms with Crippen LogP contribution in [0.15, 0.2) is 40.7 Å². The van der Waals surface area contributed by atoms with Gasteiger partial charge < -0.3 is 28.8 Å². The zero-order chi connectivity index (χ0) is 23.4. The predicted octanol–water partition coefficient (Wildman–Crippen LogP) is 3.39. The summed E-state index contributed by atoms with van der Waals surface area (Å²) in [5.41, 5.74) is 2.12. The van der Waals surface area contributed by atoms with Gasteiger partial charge in [0.1, 0.15) is 0 Å². The zero-order valence-corrected chi connectivity index (χ0v) is 19.4. The third-order valence-corrected chi connectivity index (χ3v) is 5.70. The second kappa shape index (κ2) is 10.00. The summed E-state index contributed by atoms with van der Waals surface area (Å²) in [4.78, 5) is 18.6. The van der Waals surface area contributed by atoms with Gasteiger partial charge in [0.15, 0.2) is 5.79 Å². The maximum atomic E-state index is 5.86. The largest absolute Gasteiger partial charge is 0.463 e. The van der Waals surface area contributed by atoms with Crippen LogP contribution in [0.2, 0.25) is 0 Å². The minimum Gasteiger partial charge on any atom is -0.463 e. The Morgan fingerprint density at radius 2 is 2.03 bits per heavy atom. The average molecular weight is 468 g/mol. The SMILES string of the molecule is CC1(C)OCC(CCOc2nc(N=NCc3c[nH]c4ccccc34)nc(N3CCOCC3)n2)O1. The molecule has 0 radical (unpaired) electrons. The zero-order valence-electron chi connectivity index (χ0n) is 19.4. The molecule has 2 aromatic heterocycles. The number of aromatic amines is 1. The lowest BCUT2D eigenvalue weighted by atomic mass is 10.2. The summed E-state index contributed by atoms with van der Waals surface area (Å²) in [5, 5.41) is 9.73. The standard InChI is InChI=1S/C23H29N7O4/c1-23(2)33-15-17(34-23)7-10-32-22-27-20(26-21(28-22)30-8-11-31-12-9-30)29-25-14-16-13-24-19-6-4-3-5-18(16)19/h3-6,13,17,24H,7-12,14-15H2,1-2H3. The predicted molar refractivity (Wildman–Crippen MR) is 124 cm³/mol.